The van der Waals surface area contributed by atoms with Crippen molar-refractivity contribution in [1.29, 1.82) is 0 Å². The Hall–Kier alpha value is -4.62. The maximum Gasteiger partial charge on any atom is 0.258 e. The molecule has 6 rings (SSSR count). The lowest BCUT2D eigenvalue weighted by Gasteiger charge is -2.17. The summed E-state index contributed by atoms with van der Waals surface area (Å²) < 4.78 is 13.3. The number of halogens is 1. The van der Waals surface area contributed by atoms with Gasteiger partial charge in [-0.15, -0.1) is 11.3 Å². The predicted molar refractivity (Wildman–Crippen MR) is 154 cm³/mol. The molecule has 0 aliphatic carbocycles. The molecule has 192 valence electrons. The highest BCUT2D eigenvalue weighted by Gasteiger charge is 2.26. The summed E-state index contributed by atoms with van der Waals surface area (Å²) >= 11 is 1.43. The number of nitrogens with one attached hydrogen (secondary N) is 1. The number of nitrogens with zero attached hydrogens (tertiary/aromatic N) is 2. The van der Waals surface area contributed by atoms with Crippen LogP contribution in [0.4, 0.5) is 15.2 Å². The number of benzene rings is 4. The summed E-state index contributed by atoms with van der Waals surface area (Å²) in [5.74, 6) is -0.724. The molecule has 5 nitrogen and oxygen atoms in total. The molecular formula is C32H24FN3O2S. The number of carbonyl (C=O) groups excluding carboxylic acids is 2. The van der Waals surface area contributed by atoms with Crippen LogP contribution in [-0.2, 0) is 6.42 Å². The highest BCUT2D eigenvalue weighted by Crippen LogP contribution is 2.36. The van der Waals surface area contributed by atoms with Gasteiger partial charge in [0, 0.05) is 33.8 Å². The Morgan fingerprint density at radius 3 is 2.44 bits per heavy atom. The van der Waals surface area contributed by atoms with Crippen LogP contribution < -0.4 is 10.2 Å². The van der Waals surface area contributed by atoms with Crippen LogP contribution in [0.3, 0.4) is 0 Å². The molecule has 0 bridgehead atoms. The van der Waals surface area contributed by atoms with Gasteiger partial charge >= 0.3 is 0 Å². The zero-order valence-corrected chi connectivity index (χ0v) is 22.0. The molecule has 0 unspecified atom stereocenters. The summed E-state index contributed by atoms with van der Waals surface area (Å²) in [6.45, 7) is 2.55. The molecule has 0 saturated carbocycles. The molecule has 1 aliphatic heterocycles. The van der Waals surface area contributed by atoms with Gasteiger partial charge in [-0.3, -0.25) is 14.9 Å². The molecule has 2 amide bonds. The third kappa shape index (κ3) is 4.84. The van der Waals surface area contributed by atoms with Crippen LogP contribution in [0.15, 0.2) is 97.1 Å². The van der Waals surface area contributed by atoms with Crippen molar-refractivity contribution in [2.45, 2.75) is 13.3 Å². The Morgan fingerprint density at radius 1 is 0.897 bits per heavy atom. The van der Waals surface area contributed by atoms with Gasteiger partial charge in [-0.1, -0.05) is 54.6 Å². The SMILES string of the molecule is Cc1sc(NC(=O)c2ccccc2-c2ccccc2)nc1-c1ccc2c(c1)CCN2C(=O)c1ccc(F)cc1. The van der Waals surface area contributed by atoms with Gasteiger partial charge in [-0.05, 0) is 72.5 Å². The van der Waals surface area contributed by atoms with E-state index in [-0.39, 0.29) is 17.6 Å². The van der Waals surface area contributed by atoms with Crippen molar-refractivity contribution in [3.8, 4) is 22.4 Å². The molecule has 7 heteroatoms. The summed E-state index contributed by atoms with van der Waals surface area (Å²) in [7, 11) is 0. The largest absolute Gasteiger partial charge is 0.308 e. The molecule has 1 aromatic heterocycles. The molecule has 5 aromatic rings. The monoisotopic (exact) mass is 533 g/mol. The normalized spacial score (nSPS) is 12.3. The molecule has 0 saturated heterocycles. The maximum atomic E-state index is 13.3. The van der Waals surface area contributed by atoms with Crippen molar-refractivity contribution in [3.63, 3.8) is 0 Å². The second kappa shape index (κ2) is 10.3. The fourth-order valence-corrected chi connectivity index (χ4v) is 5.77. The van der Waals surface area contributed by atoms with E-state index in [1.807, 2.05) is 73.7 Å². The van der Waals surface area contributed by atoms with Gasteiger partial charge in [0.1, 0.15) is 5.82 Å². The number of aryl methyl sites for hydroxylation is 1. The van der Waals surface area contributed by atoms with E-state index in [0.717, 1.165) is 44.9 Å². The second-order valence-electron chi connectivity index (χ2n) is 9.35. The van der Waals surface area contributed by atoms with Crippen LogP contribution in [-0.4, -0.2) is 23.3 Å². The predicted octanol–water partition coefficient (Wildman–Crippen LogP) is 7.38. The van der Waals surface area contributed by atoms with E-state index in [1.54, 1.807) is 4.90 Å². The van der Waals surface area contributed by atoms with Crippen molar-refractivity contribution < 1.29 is 14.0 Å². The molecular weight excluding hydrogens is 509 g/mol. The van der Waals surface area contributed by atoms with Gasteiger partial charge in [0.2, 0.25) is 0 Å². The van der Waals surface area contributed by atoms with Crippen molar-refractivity contribution in [1.82, 2.24) is 4.98 Å². The fraction of sp³-hybridized carbons (Fsp3) is 0.0938. The smallest absolute Gasteiger partial charge is 0.258 e. The van der Waals surface area contributed by atoms with Crippen molar-refractivity contribution in [2.24, 2.45) is 0 Å². The number of fused-ring (bicyclic) bond motifs is 1. The standard InChI is InChI=1S/C32H24FN3O2S/c1-20-29(24-13-16-28-23(19-24)17-18-36(28)31(38)22-11-14-25(33)15-12-22)34-32(39-20)35-30(37)27-10-6-5-9-26(27)21-7-3-2-4-8-21/h2-16,19H,17-18H2,1H3,(H,34,35,37). The minimum Gasteiger partial charge on any atom is -0.308 e. The number of carbonyl (C=O) groups is 2. The first-order valence-corrected chi connectivity index (χ1v) is 13.4. The van der Waals surface area contributed by atoms with Crippen LogP contribution in [0.25, 0.3) is 22.4 Å². The van der Waals surface area contributed by atoms with Crippen molar-refractivity contribution in [3.05, 3.63) is 124 Å². The number of rotatable bonds is 5. The van der Waals surface area contributed by atoms with Crippen LogP contribution in [0.2, 0.25) is 0 Å². The number of hydrogen-bond acceptors (Lipinski definition) is 4. The zero-order valence-electron chi connectivity index (χ0n) is 21.1. The van der Waals surface area contributed by atoms with Crippen LogP contribution >= 0.6 is 11.3 Å². The molecule has 0 spiro atoms. The molecule has 0 fully saturated rings. The molecule has 2 heterocycles. The van der Waals surface area contributed by atoms with Gasteiger partial charge in [0.15, 0.2) is 5.13 Å². The van der Waals surface area contributed by atoms with E-state index in [0.29, 0.717) is 22.8 Å². The Morgan fingerprint density at radius 2 is 1.64 bits per heavy atom. The Bertz CT molecular complexity index is 1700. The minimum atomic E-state index is -0.368. The lowest BCUT2D eigenvalue weighted by molar-refractivity contribution is 0.0987. The Labute approximate surface area is 229 Å². The van der Waals surface area contributed by atoms with E-state index < -0.39 is 0 Å². The number of thiazole rings is 1. The van der Waals surface area contributed by atoms with Gasteiger partial charge in [0.25, 0.3) is 11.8 Å². The highest BCUT2D eigenvalue weighted by molar-refractivity contribution is 7.16. The summed E-state index contributed by atoms with van der Waals surface area (Å²) in [5, 5.41) is 3.52. The number of amides is 2. The molecule has 0 atom stereocenters. The first kappa shape index (κ1) is 24.7. The summed E-state index contributed by atoms with van der Waals surface area (Å²) in [4.78, 5) is 33.7. The molecule has 0 radical (unpaired) electrons. The zero-order chi connectivity index (χ0) is 26.9. The van der Waals surface area contributed by atoms with E-state index in [1.165, 1.54) is 35.6 Å². The van der Waals surface area contributed by atoms with Crippen LogP contribution in [0.1, 0.15) is 31.2 Å². The third-order valence-corrected chi connectivity index (χ3v) is 7.74. The minimum absolute atomic E-state index is 0.146. The molecule has 1 aliphatic rings. The quantitative estimate of drug-likeness (QED) is 0.256. The summed E-state index contributed by atoms with van der Waals surface area (Å²) in [6.07, 6.45) is 0.721. The van der Waals surface area contributed by atoms with E-state index in [2.05, 4.69) is 11.4 Å². The molecule has 4 aromatic carbocycles. The fourth-order valence-electron chi connectivity index (χ4n) is 4.94. The Kier molecular flexibility index (Phi) is 6.50. The first-order valence-electron chi connectivity index (χ1n) is 12.6. The van der Waals surface area contributed by atoms with Gasteiger partial charge in [0.05, 0.1) is 5.69 Å². The van der Waals surface area contributed by atoms with E-state index in [4.69, 9.17) is 4.98 Å². The number of hydrogen-bond donors (Lipinski definition) is 1. The summed E-state index contributed by atoms with van der Waals surface area (Å²) in [5.41, 5.74) is 6.53. The lowest BCUT2D eigenvalue weighted by Crippen LogP contribution is -2.28. The van der Waals surface area contributed by atoms with Gasteiger partial charge < -0.3 is 4.90 Å². The summed E-state index contributed by atoms with van der Waals surface area (Å²) in [6, 6.07) is 28.9. The number of aromatic nitrogens is 1. The van der Waals surface area contributed by atoms with Gasteiger partial charge in [-0.25, -0.2) is 9.37 Å². The molecule has 39 heavy (non-hydrogen) atoms. The topological polar surface area (TPSA) is 62.3 Å². The number of anilines is 2. The maximum absolute atomic E-state index is 13.3. The van der Waals surface area contributed by atoms with Crippen LogP contribution in [0, 0.1) is 12.7 Å². The average molecular weight is 534 g/mol. The van der Waals surface area contributed by atoms with Crippen LogP contribution in [0.5, 0.6) is 0 Å². The highest BCUT2D eigenvalue weighted by atomic mass is 32.1. The third-order valence-electron chi connectivity index (χ3n) is 6.86. The second-order valence-corrected chi connectivity index (χ2v) is 10.5. The van der Waals surface area contributed by atoms with Crippen molar-refractivity contribution in [2.75, 3.05) is 16.8 Å². The van der Waals surface area contributed by atoms with Crippen molar-refractivity contribution >= 4 is 34.0 Å². The Balaban J connectivity index is 1.23. The average Bonchev–Trinajstić information content (AvgIpc) is 3.56. The molecule has 1 N–H and O–H groups in total. The van der Waals surface area contributed by atoms with E-state index in [9.17, 15) is 14.0 Å². The van der Waals surface area contributed by atoms with E-state index >= 15 is 0 Å². The van der Waals surface area contributed by atoms with Gasteiger partial charge in [-0.2, -0.15) is 0 Å². The first-order chi connectivity index (χ1) is 19.0. The lowest BCUT2D eigenvalue weighted by atomic mass is 9.99.